The van der Waals surface area contributed by atoms with Gasteiger partial charge in [-0.2, -0.15) is 0 Å². The minimum absolute atomic E-state index is 0.248. The van der Waals surface area contributed by atoms with Crippen LogP contribution in [0.4, 0.5) is 0 Å². The smallest absolute Gasteiger partial charge is 0.185 e. The Bertz CT molecular complexity index is 2950. The molecular weight excluding hydrogens is 733 g/mol. The third kappa shape index (κ3) is 6.78. The van der Waals surface area contributed by atoms with E-state index in [4.69, 9.17) is 0 Å². The molecule has 0 aliphatic carbocycles. The average Bonchev–Trinajstić information content (AvgIpc) is 3.30. The largest absolute Gasteiger partial charge is 0.289 e. The van der Waals surface area contributed by atoms with Gasteiger partial charge in [-0.05, 0) is 154 Å². The average molecular weight is 769 g/mol. The van der Waals surface area contributed by atoms with Gasteiger partial charge in [-0.1, -0.05) is 146 Å². The van der Waals surface area contributed by atoms with Crippen LogP contribution < -0.4 is 0 Å². The summed E-state index contributed by atoms with van der Waals surface area (Å²) in [4.78, 5) is 42.7. The van der Waals surface area contributed by atoms with Crippen molar-refractivity contribution in [3.63, 3.8) is 0 Å². The lowest BCUT2D eigenvalue weighted by Gasteiger charge is -2.09. The van der Waals surface area contributed by atoms with Gasteiger partial charge >= 0.3 is 0 Å². The molecule has 0 aliphatic rings. The fraction of sp³-hybridized carbons (Fsp3) is 0. The van der Waals surface area contributed by atoms with E-state index in [1.807, 2.05) is 91.0 Å². The molecule has 3 heteroatoms. The molecule has 0 atom stereocenters. The summed E-state index contributed by atoms with van der Waals surface area (Å²) in [5.41, 5.74) is 3.53. The number of hydrogen-bond acceptors (Lipinski definition) is 3. The van der Waals surface area contributed by atoms with Crippen molar-refractivity contribution in [1.29, 1.82) is 0 Å². The van der Waals surface area contributed by atoms with Crippen molar-refractivity contribution >= 4 is 100 Å². The van der Waals surface area contributed by atoms with E-state index in [0.717, 1.165) is 81.3 Å². The highest BCUT2D eigenvalue weighted by Crippen LogP contribution is 2.33. The van der Waals surface area contributed by atoms with Gasteiger partial charge < -0.3 is 0 Å². The van der Waals surface area contributed by atoms with E-state index in [9.17, 15) is 14.4 Å². The van der Waals surface area contributed by atoms with E-state index in [1.54, 1.807) is 36.4 Å². The van der Waals surface area contributed by atoms with Crippen molar-refractivity contribution in [3.8, 4) is 0 Å². The Balaban J connectivity index is 1.07. The van der Waals surface area contributed by atoms with E-state index >= 15 is 0 Å². The number of fused-ring (bicyclic) bond motifs is 6. The van der Waals surface area contributed by atoms with Gasteiger partial charge in [-0.3, -0.25) is 14.4 Å². The fourth-order valence-electron chi connectivity index (χ4n) is 8.51. The second-order valence-electron chi connectivity index (χ2n) is 15.1. The summed E-state index contributed by atoms with van der Waals surface area (Å²) in [6.07, 6.45) is 10.2. The van der Waals surface area contributed by atoms with Crippen molar-refractivity contribution in [2.75, 3.05) is 0 Å². The number of carbonyl (C=O) groups excluding carboxylic acids is 3. The number of carbonyl (C=O) groups is 3. The van der Waals surface area contributed by atoms with Crippen LogP contribution >= 0.6 is 0 Å². The molecule has 0 unspecified atom stereocenters. The summed E-state index contributed by atoms with van der Waals surface area (Å²) in [7, 11) is 0. The molecule has 0 aromatic heterocycles. The summed E-state index contributed by atoms with van der Waals surface area (Å²) in [5.74, 6) is -0.948. The minimum atomic E-state index is -0.316. The number of rotatable bonds is 9. The van der Waals surface area contributed by atoms with E-state index in [0.29, 0.717) is 0 Å². The van der Waals surface area contributed by atoms with Crippen LogP contribution in [0.1, 0.15) is 47.8 Å². The molecule has 0 spiro atoms. The highest BCUT2D eigenvalue weighted by molar-refractivity contribution is 6.18. The number of ketones is 3. The first-order valence-corrected chi connectivity index (χ1v) is 20.0. The molecule has 60 heavy (non-hydrogen) atoms. The molecule has 3 nitrogen and oxygen atoms in total. The van der Waals surface area contributed by atoms with Gasteiger partial charge in [0.05, 0.1) is 0 Å². The van der Waals surface area contributed by atoms with Gasteiger partial charge in [-0.25, -0.2) is 0 Å². The third-order valence-electron chi connectivity index (χ3n) is 11.4. The lowest BCUT2D eigenvalue weighted by molar-refractivity contribution is 0.104. The lowest BCUT2D eigenvalue weighted by atomic mass is 9.93. The molecule has 0 fully saturated rings. The SMILES string of the molecule is O=C(/C=C/c1c2ccccc2cc2ccccc12)c1cc(C(=O)/C=C/c2c3ccccc3cc3ccccc23)cc(C(=O)/C=C/c2c3ccccc3cc3ccccc23)c1. The van der Waals surface area contributed by atoms with Gasteiger partial charge in [0.1, 0.15) is 0 Å². The predicted octanol–water partition coefficient (Wildman–Crippen LogP) is 14.3. The van der Waals surface area contributed by atoms with Crippen molar-refractivity contribution in [1.82, 2.24) is 0 Å². The normalized spacial score (nSPS) is 12.0. The molecule has 0 amide bonds. The van der Waals surface area contributed by atoms with Gasteiger partial charge in [0.25, 0.3) is 0 Å². The van der Waals surface area contributed by atoms with Gasteiger partial charge in [0.15, 0.2) is 17.3 Å². The molecule has 0 aliphatic heterocycles. The second-order valence-corrected chi connectivity index (χ2v) is 15.1. The topological polar surface area (TPSA) is 51.2 Å². The van der Waals surface area contributed by atoms with Crippen molar-refractivity contribution in [3.05, 3.63) is 234 Å². The molecule has 282 valence electrons. The molecule has 0 N–H and O–H groups in total. The van der Waals surface area contributed by atoms with Crippen LogP contribution in [0.2, 0.25) is 0 Å². The van der Waals surface area contributed by atoms with Gasteiger partial charge in [-0.15, -0.1) is 0 Å². The van der Waals surface area contributed by atoms with Crippen molar-refractivity contribution in [2.45, 2.75) is 0 Å². The maximum Gasteiger partial charge on any atom is 0.185 e. The zero-order valence-electron chi connectivity index (χ0n) is 32.5. The van der Waals surface area contributed by atoms with Crippen molar-refractivity contribution in [2.24, 2.45) is 0 Å². The Kier molecular flexibility index (Phi) is 9.32. The molecule has 0 bridgehead atoms. The van der Waals surface area contributed by atoms with E-state index in [2.05, 4.69) is 91.0 Å². The first-order valence-electron chi connectivity index (χ1n) is 20.0. The summed E-state index contributed by atoms with van der Waals surface area (Å²) < 4.78 is 0. The third-order valence-corrected chi connectivity index (χ3v) is 11.4. The Morgan fingerprint density at radius 1 is 0.267 bits per heavy atom. The Morgan fingerprint density at radius 2 is 0.467 bits per heavy atom. The fourth-order valence-corrected chi connectivity index (χ4v) is 8.51. The van der Waals surface area contributed by atoms with Crippen LogP contribution in [0.15, 0.2) is 200 Å². The summed E-state index contributed by atoms with van der Waals surface area (Å²) >= 11 is 0. The zero-order valence-corrected chi connectivity index (χ0v) is 32.5. The van der Waals surface area contributed by atoms with Gasteiger partial charge in [0.2, 0.25) is 0 Å². The summed E-state index contributed by atoms with van der Waals surface area (Å²) in [6.45, 7) is 0. The molecular formula is C57H36O3. The monoisotopic (exact) mass is 768 g/mol. The summed E-state index contributed by atoms with van der Waals surface area (Å²) in [6, 6.07) is 60.0. The van der Waals surface area contributed by atoms with Crippen LogP contribution in [0.5, 0.6) is 0 Å². The zero-order chi connectivity index (χ0) is 40.6. The molecule has 10 rings (SSSR count). The van der Waals surface area contributed by atoms with E-state index < -0.39 is 0 Å². The van der Waals surface area contributed by atoms with Crippen LogP contribution in [-0.4, -0.2) is 17.3 Å². The Hall–Kier alpha value is -8.01. The van der Waals surface area contributed by atoms with Crippen LogP contribution in [0, 0.1) is 0 Å². The summed E-state index contributed by atoms with van der Waals surface area (Å²) in [5, 5.41) is 12.6. The molecule has 0 heterocycles. The van der Waals surface area contributed by atoms with Gasteiger partial charge in [0, 0.05) is 16.7 Å². The van der Waals surface area contributed by atoms with Crippen LogP contribution in [0.3, 0.4) is 0 Å². The van der Waals surface area contributed by atoms with E-state index in [-0.39, 0.29) is 34.0 Å². The quantitative estimate of drug-likeness (QED) is 0.0835. The lowest BCUT2D eigenvalue weighted by Crippen LogP contribution is -2.05. The molecule has 0 saturated carbocycles. The van der Waals surface area contributed by atoms with Crippen LogP contribution in [0.25, 0.3) is 82.9 Å². The molecule has 0 radical (unpaired) electrons. The standard InChI is InChI=1S/C57H36O3/c58-55(28-25-52-46-19-7-1-13-37(46)31-38-14-2-8-20-47(38)52)43-34-44(56(59)29-26-53-48-21-9-3-15-39(48)32-40-16-4-10-22-49(40)53)36-45(35-43)57(60)30-27-54-50-23-11-5-17-41(50)33-42-18-6-12-24-51(42)54/h1-36H/b28-25+,29-26+,30-27+. The second kappa shape index (κ2) is 15.4. The van der Waals surface area contributed by atoms with Crippen LogP contribution in [-0.2, 0) is 0 Å². The first-order chi connectivity index (χ1) is 29.5. The Labute approximate surface area is 346 Å². The maximum absolute atomic E-state index is 14.2. The molecule has 10 aromatic rings. The highest BCUT2D eigenvalue weighted by atomic mass is 16.1. The predicted molar refractivity (Wildman–Crippen MR) is 251 cm³/mol. The first kappa shape index (κ1) is 36.3. The van der Waals surface area contributed by atoms with Crippen molar-refractivity contribution < 1.29 is 14.4 Å². The maximum atomic E-state index is 14.2. The minimum Gasteiger partial charge on any atom is -0.289 e. The number of hydrogen-bond donors (Lipinski definition) is 0. The van der Waals surface area contributed by atoms with E-state index in [1.165, 1.54) is 0 Å². The number of allylic oxidation sites excluding steroid dienone is 3. The Morgan fingerprint density at radius 3 is 0.683 bits per heavy atom. The number of benzene rings is 10. The molecule has 0 saturated heterocycles. The highest BCUT2D eigenvalue weighted by Gasteiger charge is 2.16. The molecule has 10 aromatic carbocycles.